The van der Waals surface area contributed by atoms with Crippen molar-refractivity contribution in [3.8, 4) is 5.75 Å². The summed E-state index contributed by atoms with van der Waals surface area (Å²) in [5.41, 5.74) is 1.72. The summed E-state index contributed by atoms with van der Waals surface area (Å²) >= 11 is 5.87. The molecule has 0 aliphatic carbocycles. The van der Waals surface area contributed by atoms with Crippen molar-refractivity contribution >= 4 is 46.1 Å². The largest absolute Gasteiger partial charge is 0.491 e. The Kier molecular flexibility index (Phi) is 7.31. The maximum absolute atomic E-state index is 13.5. The lowest BCUT2D eigenvalue weighted by Crippen LogP contribution is -2.37. The molecule has 1 aliphatic heterocycles. The molecule has 1 fully saturated rings. The van der Waals surface area contributed by atoms with Gasteiger partial charge in [0.25, 0.3) is 0 Å². The van der Waals surface area contributed by atoms with Crippen molar-refractivity contribution in [3.63, 3.8) is 0 Å². The number of ether oxygens (including phenoxy) is 2. The molecule has 1 aromatic heterocycles. The summed E-state index contributed by atoms with van der Waals surface area (Å²) in [5, 5.41) is 6.47. The lowest BCUT2D eigenvalue weighted by Gasteiger charge is -2.26. The van der Waals surface area contributed by atoms with Crippen LogP contribution in [-0.4, -0.2) is 60.7 Å². The highest BCUT2D eigenvalue weighted by molar-refractivity contribution is 6.31. The van der Waals surface area contributed by atoms with Gasteiger partial charge in [0.05, 0.1) is 36.0 Å². The van der Waals surface area contributed by atoms with Crippen LogP contribution in [0.3, 0.4) is 0 Å². The van der Waals surface area contributed by atoms with Crippen molar-refractivity contribution in [2.75, 3.05) is 50.1 Å². The quantitative estimate of drug-likeness (QED) is 0.371. The number of nitrogens with one attached hydrogen (secondary N) is 2. The average molecular weight is 460 g/mol. The van der Waals surface area contributed by atoms with Crippen LogP contribution in [0.4, 0.5) is 21.6 Å². The summed E-state index contributed by atoms with van der Waals surface area (Å²) in [6.07, 6.45) is 2.86. The minimum Gasteiger partial charge on any atom is -0.491 e. The summed E-state index contributed by atoms with van der Waals surface area (Å²) in [6.45, 7) is 4.81. The Morgan fingerprint density at radius 1 is 1.22 bits per heavy atom. The van der Waals surface area contributed by atoms with Crippen LogP contribution >= 0.6 is 11.6 Å². The molecule has 1 aliphatic rings. The fourth-order valence-electron chi connectivity index (χ4n) is 3.48. The van der Waals surface area contributed by atoms with Crippen LogP contribution in [0.1, 0.15) is 6.42 Å². The summed E-state index contributed by atoms with van der Waals surface area (Å²) in [6, 6.07) is 7.82. The third-order valence-corrected chi connectivity index (χ3v) is 5.40. The molecule has 0 bridgehead atoms. The van der Waals surface area contributed by atoms with Crippen LogP contribution in [0.15, 0.2) is 36.7 Å². The number of aromatic nitrogens is 2. The Bertz CT molecular complexity index is 1090. The normalized spacial score (nSPS) is 14.3. The van der Waals surface area contributed by atoms with E-state index in [0.29, 0.717) is 46.9 Å². The molecule has 8 nitrogen and oxygen atoms in total. The Morgan fingerprint density at radius 2 is 2.06 bits per heavy atom. The van der Waals surface area contributed by atoms with E-state index < -0.39 is 5.82 Å². The van der Waals surface area contributed by atoms with Gasteiger partial charge in [-0.1, -0.05) is 11.6 Å². The highest BCUT2D eigenvalue weighted by Gasteiger charge is 2.13. The SMILES string of the molecule is O=CNc1cc2c(Nc3ccc(F)c(Cl)c3)ncnc2cc1OCCCN1CCOCC1. The zero-order valence-corrected chi connectivity index (χ0v) is 18.1. The van der Waals surface area contributed by atoms with Crippen LogP contribution in [0.5, 0.6) is 5.75 Å². The van der Waals surface area contributed by atoms with Gasteiger partial charge in [0, 0.05) is 36.8 Å². The molecule has 168 valence electrons. The number of halogens is 2. The van der Waals surface area contributed by atoms with Crippen molar-refractivity contribution in [2.45, 2.75) is 6.42 Å². The topological polar surface area (TPSA) is 88.6 Å². The number of carbonyl (C=O) groups excluding carboxylic acids is 1. The number of nitrogens with zero attached hydrogens (tertiary/aromatic N) is 3. The van der Waals surface area contributed by atoms with E-state index in [1.54, 1.807) is 18.2 Å². The van der Waals surface area contributed by atoms with E-state index in [9.17, 15) is 9.18 Å². The third kappa shape index (κ3) is 5.42. The molecule has 0 radical (unpaired) electrons. The minimum atomic E-state index is -0.502. The Morgan fingerprint density at radius 3 is 2.84 bits per heavy atom. The van der Waals surface area contributed by atoms with E-state index >= 15 is 0 Å². The van der Waals surface area contributed by atoms with Crippen LogP contribution < -0.4 is 15.4 Å². The first-order valence-corrected chi connectivity index (χ1v) is 10.7. The van der Waals surface area contributed by atoms with Crippen molar-refractivity contribution in [2.24, 2.45) is 0 Å². The first-order valence-electron chi connectivity index (χ1n) is 10.3. The Balaban J connectivity index is 1.51. The van der Waals surface area contributed by atoms with Crippen LogP contribution in [0.2, 0.25) is 5.02 Å². The number of carbonyl (C=O) groups is 1. The van der Waals surface area contributed by atoms with Crippen molar-refractivity contribution in [3.05, 3.63) is 47.5 Å². The lowest BCUT2D eigenvalue weighted by molar-refractivity contribution is -0.105. The summed E-state index contributed by atoms with van der Waals surface area (Å²) in [5.74, 6) is 0.518. The van der Waals surface area contributed by atoms with Gasteiger partial charge >= 0.3 is 0 Å². The first kappa shape index (κ1) is 22.2. The number of anilines is 3. The molecule has 1 amide bonds. The standard InChI is InChI=1S/C22H23ClFN5O3/c23-17-10-15(2-3-18(17)24)28-22-16-11-20(27-14-30)21(12-19(16)25-13-26-22)32-7-1-4-29-5-8-31-9-6-29/h2-3,10-14H,1,4-9H2,(H,27,30)(H,25,26,28). The van der Waals surface area contributed by atoms with Crippen molar-refractivity contribution in [1.29, 1.82) is 0 Å². The van der Waals surface area contributed by atoms with E-state index in [1.807, 2.05) is 0 Å². The Labute approximate surface area is 189 Å². The number of benzene rings is 2. The second-order valence-electron chi connectivity index (χ2n) is 7.26. The van der Waals surface area contributed by atoms with Gasteiger partial charge < -0.3 is 20.1 Å². The van der Waals surface area contributed by atoms with Crippen LogP contribution in [0, 0.1) is 5.82 Å². The average Bonchev–Trinajstić information content (AvgIpc) is 2.80. The van der Waals surface area contributed by atoms with E-state index in [-0.39, 0.29) is 5.02 Å². The number of amides is 1. The molecule has 0 unspecified atom stereocenters. The Hall–Kier alpha value is -3.01. The maximum atomic E-state index is 13.5. The molecule has 2 N–H and O–H groups in total. The predicted molar refractivity (Wildman–Crippen MR) is 121 cm³/mol. The number of fused-ring (bicyclic) bond motifs is 1. The zero-order chi connectivity index (χ0) is 22.3. The maximum Gasteiger partial charge on any atom is 0.211 e. The molecular weight excluding hydrogens is 437 g/mol. The van der Waals surface area contributed by atoms with Gasteiger partial charge in [-0.3, -0.25) is 9.69 Å². The second kappa shape index (κ2) is 10.5. The zero-order valence-electron chi connectivity index (χ0n) is 17.3. The summed E-state index contributed by atoms with van der Waals surface area (Å²) < 4.78 is 24.8. The number of hydrogen-bond acceptors (Lipinski definition) is 7. The molecule has 2 aromatic carbocycles. The minimum absolute atomic E-state index is 0.00411. The van der Waals surface area contributed by atoms with E-state index in [0.717, 1.165) is 39.3 Å². The fourth-order valence-corrected chi connectivity index (χ4v) is 3.67. The smallest absolute Gasteiger partial charge is 0.211 e. The van der Waals surface area contributed by atoms with Gasteiger partial charge in [-0.25, -0.2) is 14.4 Å². The summed E-state index contributed by atoms with van der Waals surface area (Å²) in [7, 11) is 0. The molecule has 32 heavy (non-hydrogen) atoms. The van der Waals surface area contributed by atoms with Crippen molar-refractivity contribution < 1.29 is 18.7 Å². The van der Waals surface area contributed by atoms with E-state index in [4.69, 9.17) is 21.1 Å². The van der Waals surface area contributed by atoms with Gasteiger partial charge in [-0.15, -0.1) is 0 Å². The summed E-state index contributed by atoms with van der Waals surface area (Å²) in [4.78, 5) is 22.1. The van der Waals surface area contributed by atoms with Crippen molar-refractivity contribution in [1.82, 2.24) is 14.9 Å². The van der Waals surface area contributed by atoms with Crippen LogP contribution in [-0.2, 0) is 9.53 Å². The van der Waals surface area contributed by atoms with Gasteiger partial charge in [-0.05, 0) is 30.7 Å². The van der Waals surface area contributed by atoms with E-state index in [2.05, 4.69) is 25.5 Å². The van der Waals surface area contributed by atoms with Crippen LogP contribution in [0.25, 0.3) is 10.9 Å². The monoisotopic (exact) mass is 459 g/mol. The predicted octanol–water partition coefficient (Wildman–Crippen LogP) is 3.84. The first-order chi connectivity index (χ1) is 15.6. The van der Waals surface area contributed by atoms with Gasteiger partial charge in [0.15, 0.2) is 0 Å². The number of rotatable bonds is 9. The third-order valence-electron chi connectivity index (χ3n) is 5.11. The fraction of sp³-hybridized carbons (Fsp3) is 0.318. The van der Waals surface area contributed by atoms with Gasteiger partial charge in [0.1, 0.15) is 23.7 Å². The molecular formula is C22H23ClFN5O3. The lowest BCUT2D eigenvalue weighted by atomic mass is 10.2. The number of morpholine rings is 1. The van der Waals surface area contributed by atoms with Gasteiger partial charge in [-0.2, -0.15) is 0 Å². The molecule has 0 spiro atoms. The molecule has 4 rings (SSSR count). The molecule has 2 heterocycles. The molecule has 1 saturated heterocycles. The molecule has 10 heteroatoms. The number of hydrogen-bond donors (Lipinski definition) is 2. The molecule has 0 saturated carbocycles. The highest BCUT2D eigenvalue weighted by atomic mass is 35.5. The van der Waals surface area contributed by atoms with E-state index in [1.165, 1.54) is 18.5 Å². The molecule has 0 atom stereocenters. The van der Waals surface area contributed by atoms with Gasteiger partial charge in [0.2, 0.25) is 6.41 Å². The molecule has 3 aromatic rings. The second-order valence-corrected chi connectivity index (χ2v) is 7.67. The highest BCUT2D eigenvalue weighted by Crippen LogP contribution is 2.33.